The van der Waals surface area contributed by atoms with Crippen LogP contribution in [-0.4, -0.2) is 69.6 Å². The Kier molecular flexibility index (Phi) is 11.2. The number of piperidine rings is 1. The number of fused-ring (bicyclic) bond motifs is 1. The number of anilines is 1. The minimum atomic E-state index is -1.41. The van der Waals surface area contributed by atoms with Crippen molar-refractivity contribution in [1.82, 2.24) is 15.2 Å². The smallest absolute Gasteiger partial charge is 0.222 e. The molecule has 210 valence electrons. The molecular weight excluding hydrogens is 484 g/mol. The van der Waals surface area contributed by atoms with Gasteiger partial charge >= 0.3 is 0 Å². The minimum Gasteiger partial charge on any atom is -0.387 e. The molecule has 3 rings (SSSR count). The number of likely N-dealkylation sites (tertiary alicyclic amines) is 1. The van der Waals surface area contributed by atoms with Gasteiger partial charge < -0.3 is 20.6 Å². The van der Waals surface area contributed by atoms with Crippen molar-refractivity contribution in [3.8, 4) is 0 Å². The fourth-order valence-electron chi connectivity index (χ4n) is 5.28. The first-order chi connectivity index (χ1) is 18.2. The molecule has 9 nitrogen and oxygen atoms in total. The average Bonchev–Trinajstić information content (AvgIpc) is 2.91. The maximum atomic E-state index is 12.8. The van der Waals surface area contributed by atoms with Crippen LogP contribution in [0.1, 0.15) is 95.7 Å². The number of ketones is 2. The predicted molar refractivity (Wildman–Crippen MR) is 146 cm³/mol. The number of aryl methyl sites for hydroxylation is 2. The van der Waals surface area contributed by atoms with Gasteiger partial charge in [0.2, 0.25) is 11.8 Å². The quantitative estimate of drug-likeness (QED) is 0.317. The van der Waals surface area contributed by atoms with Crippen molar-refractivity contribution < 1.29 is 24.3 Å². The van der Waals surface area contributed by atoms with Gasteiger partial charge in [0, 0.05) is 51.0 Å². The molecule has 1 aromatic rings. The van der Waals surface area contributed by atoms with Gasteiger partial charge in [-0.1, -0.05) is 19.4 Å². The third-order valence-electron chi connectivity index (χ3n) is 7.70. The van der Waals surface area contributed by atoms with Gasteiger partial charge in [-0.3, -0.25) is 19.2 Å². The molecule has 1 unspecified atom stereocenters. The standard InChI is InChI=1S/C29H44N4O5/c1-3-4-10-24(35)14-15-25(36)32-27(21(2)34)29(38)16-19-33(20-17-29)26(37)11-6-5-9-23-13-12-22-8-7-18-30-28(22)31-23/h12-13,27,38H,3-11,14-20H2,1-2H3,(H,30,31)(H,32,36). The summed E-state index contributed by atoms with van der Waals surface area (Å²) in [7, 11) is 0. The SMILES string of the molecule is CCCCC(=O)CCC(=O)NC(C(C)=O)C1(O)CCN(C(=O)CCCCc2ccc3c(n2)NCCC3)CC1. The van der Waals surface area contributed by atoms with Crippen molar-refractivity contribution in [2.24, 2.45) is 0 Å². The van der Waals surface area contributed by atoms with E-state index in [1.54, 1.807) is 4.90 Å². The number of nitrogens with one attached hydrogen (secondary N) is 2. The summed E-state index contributed by atoms with van der Waals surface area (Å²) in [5.41, 5.74) is 0.900. The Balaban J connectivity index is 1.40. The topological polar surface area (TPSA) is 129 Å². The zero-order chi connectivity index (χ0) is 27.5. The number of aromatic nitrogens is 1. The Labute approximate surface area is 226 Å². The van der Waals surface area contributed by atoms with Gasteiger partial charge in [0.1, 0.15) is 17.6 Å². The summed E-state index contributed by atoms with van der Waals surface area (Å²) in [4.78, 5) is 55.8. The second-order valence-electron chi connectivity index (χ2n) is 10.8. The molecule has 9 heteroatoms. The van der Waals surface area contributed by atoms with Crippen molar-refractivity contribution >= 4 is 29.2 Å². The molecule has 38 heavy (non-hydrogen) atoms. The fourth-order valence-corrected chi connectivity index (χ4v) is 5.28. The lowest BCUT2D eigenvalue weighted by Crippen LogP contribution is -2.61. The lowest BCUT2D eigenvalue weighted by atomic mass is 9.82. The summed E-state index contributed by atoms with van der Waals surface area (Å²) >= 11 is 0. The highest BCUT2D eigenvalue weighted by Gasteiger charge is 2.43. The van der Waals surface area contributed by atoms with Gasteiger partial charge in [-0.2, -0.15) is 0 Å². The van der Waals surface area contributed by atoms with Crippen LogP contribution in [0.25, 0.3) is 0 Å². The van der Waals surface area contributed by atoms with E-state index >= 15 is 0 Å². The van der Waals surface area contributed by atoms with E-state index < -0.39 is 17.6 Å². The summed E-state index contributed by atoms with van der Waals surface area (Å²) in [6.07, 6.45) is 7.82. The number of Topliss-reactive ketones (excluding diaryl/α,β-unsaturated/α-hetero) is 2. The summed E-state index contributed by atoms with van der Waals surface area (Å²) in [5.74, 6) is 0.324. The van der Waals surface area contributed by atoms with Crippen LogP contribution in [0.3, 0.4) is 0 Å². The molecule has 0 spiro atoms. The number of unbranched alkanes of at least 4 members (excludes halogenated alkanes) is 2. The highest BCUT2D eigenvalue weighted by atomic mass is 16.3. The molecule has 0 saturated carbocycles. The number of aliphatic hydroxyl groups is 1. The first-order valence-electron chi connectivity index (χ1n) is 14.3. The lowest BCUT2D eigenvalue weighted by molar-refractivity contribution is -0.142. The van der Waals surface area contributed by atoms with Gasteiger partial charge in [0.25, 0.3) is 0 Å². The average molecular weight is 529 g/mol. The first kappa shape index (κ1) is 29.7. The highest BCUT2D eigenvalue weighted by Crippen LogP contribution is 2.27. The summed E-state index contributed by atoms with van der Waals surface area (Å²) in [6.45, 7) is 4.98. The Morgan fingerprint density at radius 1 is 1.08 bits per heavy atom. The van der Waals surface area contributed by atoms with Crippen molar-refractivity contribution in [2.45, 2.75) is 109 Å². The summed E-state index contributed by atoms with van der Waals surface area (Å²) in [5, 5.41) is 17.2. The van der Waals surface area contributed by atoms with Crippen LogP contribution in [0.15, 0.2) is 12.1 Å². The van der Waals surface area contributed by atoms with Gasteiger partial charge in [-0.25, -0.2) is 4.98 Å². The zero-order valence-electron chi connectivity index (χ0n) is 23.0. The van der Waals surface area contributed by atoms with Crippen molar-refractivity contribution in [2.75, 3.05) is 25.0 Å². The van der Waals surface area contributed by atoms with E-state index in [0.29, 0.717) is 25.9 Å². The maximum Gasteiger partial charge on any atom is 0.222 e. The monoisotopic (exact) mass is 528 g/mol. The van der Waals surface area contributed by atoms with E-state index in [2.05, 4.69) is 22.8 Å². The van der Waals surface area contributed by atoms with Crippen LogP contribution in [0, 0.1) is 0 Å². The molecule has 3 N–H and O–H groups in total. The molecule has 0 aromatic carbocycles. The van der Waals surface area contributed by atoms with Gasteiger partial charge in [0.05, 0.1) is 5.60 Å². The van der Waals surface area contributed by atoms with Gasteiger partial charge in [-0.15, -0.1) is 0 Å². The minimum absolute atomic E-state index is 0.00447. The van der Waals surface area contributed by atoms with Crippen LogP contribution in [0.5, 0.6) is 0 Å². The molecule has 0 radical (unpaired) electrons. The molecule has 0 bridgehead atoms. The maximum absolute atomic E-state index is 12.8. The summed E-state index contributed by atoms with van der Waals surface area (Å²) < 4.78 is 0. The number of pyridine rings is 1. The number of carbonyl (C=O) groups is 4. The molecule has 1 atom stereocenters. The third kappa shape index (κ3) is 8.61. The van der Waals surface area contributed by atoms with E-state index in [4.69, 9.17) is 4.98 Å². The fraction of sp³-hybridized carbons (Fsp3) is 0.690. The third-order valence-corrected chi connectivity index (χ3v) is 7.70. The van der Waals surface area contributed by atoms with E-state index in [1.165, 1.54) is 12.5 Å². The second-order valence-corrected chi connectivity index (χ2v) is 10.8. The normalized spacial score (nSPS) is 17.2. The number of hydrogen-bond acceptors (Lipinski definition) is 7. The molecule has 1 fully saturated rings. The molecule has 2 aliphatic heterocycles. The van der Waals surface area contributed by atoms with E-state index in [-0.39, 0.29) is 43.2 Å². The molecule has 0 aliphatic carbocycles. The molecule has 1 saturated heterocycles. The van der Waals surface area contributed by atoms with E-state index in [9.17, 15) is 24.3 Å². The Hall–Kier alpha value is -2.81. The molecule has 1 aromatic heterocycles. The van der Waals surface area contributed by atoms with Crippen LogP contribution in [0.4, 0.5) is 5.82 Å². The Bertz CT molecular complexity index is 987. The Morgan fingerprint density at radius 3 is 2.55 bits per heavy atom. The number of nitrogens with zero attached hydrogens (tertiary/aromatic N) is 2. The first-order valence-corrected chi connectivity index (χ1v) is 14.3. The predicted octanol–water partition coefficient (Wildman–Crippen LogP) is 3.12. The lowest BCUT2D eigenvalue weighted by Gasteiger charge is -2.42. The zero-order valence-corrected chi connectivity index (χ0v) is 23.0. The van der Waals surface area contributed by atoms with Crippen LogP contribution in [0.2, 0.25) is 0 Å². The highest BCUT2D eigenvalue weighted by molar-refractivity contribution is 5.90. The second kappa shape index (κ2) is 14.4. The number of amides is 2. The Morgan fingerprint density at radius 2 is 1.84 bits per heavy atom. The van der Waals surface area contributed by atoms with Crippen LogP contribution in [-0.2, 0) is 32.0 Å². The number of hydrogen-bond donors (Lipinski definition) is 3. The van der Waals surface area contributed by atoms with Crippen molar-refractivity contribution in [3.63, 3.8) is 0 Å². The van der Waals surface area contributed by atoms with E-state index in [0.717, 1.165) is 63.0 Å². The molecule has 2 amide bonds. The van der Waals surface area contributed by atoms with Crippen LogP contribution >= 0.6 is 0 Å². The van der Waals surface area contributed by atoms with Crippen molar-refractivity contribution in [1.29, 1.82) is 0 Å². The largest absolute Gasteiger partial charge is 0.387 e. The molecular formula is C29H44N4O5. The number of rotatable bonds is 14. The number of carbonyl (C=O) groups excluding carboxylic acids is 4. The van der Waals surface area contributed by atoms with Crippen LogP contribution < -0.4 is 10.6 Å². The molecule has 2 aliphatic rings. The van der Waals surface area contributed by atoms with Crippen molar-refractivity contribution in [3.05, 3.63) is 23.4 Å². The molecule has 3 heterocycles. The van der Waals surface area contributed by atoms with Gasteiger partial charge in [0.15, 0.2) is 5.78 Å². The van der Waals surface area contributed by atoms with E-state index in [1.807, 2.05) is 6.92 Å². The summed E-state index contributed by atoms with van der Waals surface area (Å²) in [6, 6.07) is 3.18. The van der Waals surface area contributed by atoms with Gasteiger partial charge in [-0.05, 0) is 69.9 Å².